The summed E-state index contributed by atoms with van der Waals surface area (Å²) in [5, 5.41) is 3.59. The van der Waals surface area contributed by atoms with Crippen molar-refractivity contribution in [2.75, 3.05) is 19.4 Å². The maximum atomic E-state index is 11.7. The zero-order valence-corrected chi connectivity index (χ0v) is 14.4. The van der Waals surface area contributed by atoms with Gasteiger partial charge >= 0.3 is 0 Å². The maximum absolute atomic E-state index is 11.7. The molecule has 0 heterocycles. The third-order valence-electron chi connectivity index (χ3n) is 3.03. The number of benzene rings is 2. The lowest BCUT2D eigenvalue weighted by Gasteiger charge is -2.03. The molecule has 2 rings (SSSR count). The molecule has 3 nitrogen and oxygen atoms in total. The summed E-state index contributed by atoms with van der Waals surface area (Å²) in [6.07, 6.45) is 3.32. The van der Waals surface area contributed by atoms with E-state index in [1.54, 1.807) is 24.9 Å². The van der Waals surface area contributed by atoms with Crippen LogP contribution in [-0.2, 0) is 4.79 Å². The Morgan fingerprint density at radius 3 is 2.52 bits per heavy atom. The predicted octanol–water partition coefficient (Wildman–Crippen LogP) is 4.27. The van der Waals surface area contributed by atoms with Gasteiger partial charge in [-0.1, -0.05) is 23.7 Å². The highest BCUT2D eigenvalue weighted by Gasteiger charge is 1.97. The van der Waals surface area contributed by atoms with Crippen molar-refractivity contribution < 1.29 is 9.53 Å². The molecule has 0 unspecified atom stereocenters. The van der Waals surface area contributed by atoms with E-state index in [0.717, 1.165) is 27.0 Å². The molecular formula is C18H18ClNO2S. The van der Waals surface area contributed by atoms with Gasteiger partial charge in [-0.15, -0.1) is 11.8 Å². The molecule has 0 aliphatic rings. The van der Waals surface area contributed by atoms with E-state index in [-0.39, 0.29) is 5.91 Å². The third kappa shape index (κ3) is 6.38. The molecule has 1 amide bonds. The van der Waals surface area contributed by atoms with Gasteiger partial charge in [-0.2, -0.15) is 0 Å². The van der Waals surface area contributed by atoms with Gasteiger partial charge in [0.1, 0.15) is 5.75 Å². The topological polar surface area (TPSA) is 38.3 Å². The highest BCUT2D eigenvalue weighted by molar-refractivity contribution is 7.99. The molecular weight excluding hydrogens is 330 g/mol. The van der Waals surface area contributed by atoms with Crippen LogP contribution in [0.4, 0.5) is 0 Å². The zero-order chi connectivity index (χ0) is 16.5. The summed E-state index contributed by atoms with van der Waals surface area (Å²) < 4.78 is 5.09. The Hall–Kier alpha value is -1.91. The number of hydrogen-bond acceptors (Lipinski definition) is 3. The largest absolute Gasteiger partial charge is 0.497 e. The average Bonchev–Trinajstić information content (AvgIpc) is 2.59. The van der Waals surface area contributed by atoms with Gasteiger partial charge in [0, 0.05) is 28.3 Å². The van der Waals surface area contributed by atoms with Crippen molar-refractivity contribution in [3.63, 3.8) is 0 Å². The fraction of sp³-hybridized carbons (Fsp3) is 0.167. The van der Waals surface area contributed by atoms with Crippen molar-refractivity contribution in [3.8, 4) is 5.75 Å². The van der Waals surface area contributed by atoms with Crippen molar-refractivity contribution in [1.29, 1.82) is 0 Å². The summed E-state index contributed by atoms with van der Waals surface area (Å²) in [5.41, 5.74) is 0.955. The first kappa shape index (κ1) is 17.4. The second kappa shape index (κ2) is 9.28. The van der Waals surface area contributed by atoms with E-state index in [1.807, 2.05) is 48.5 Å². The van der Waals surface area contributed by atoms with Crippen LogP contribution in [0.5, 0.6) is 5.75 Å². The monoisotopic (exact) mass is 347 g/mol. The lowest BCUT2D eigenvalue weighted by atomic mass is 10.2. The quantitative estimate of drug-likeness (QED) is 0.462. The van der Waals surface area contributed by atoms with E-state index in [1.165, 1.54) is 6.08 Å². The van der Waals surface area contributed by atoms with Gasteiger partial charge < -0.3 is 10.1 Å². The van der Waals surface area contributed by atoms with Crippen molar-refractivity contribution in [2.24, 2.45) is 0 Å². The normalized spacial score (nSPS) is 10.7. The minimum absolute atomic E-state index is 0.0995. The van der Waals surface area contributed by atoms with Crippen LogP contribution in [0.1, 0.15) is 5.56 Å². The summed E-state index contributed by atoms with van der Waals surface area (Å²) in [4.78, 5) is 12.9. The number of methoxy groups -OCH3 is 1. The van der Waals surface area contributed by atoms with Gasteiger partial charge in [-0.3, -0.25) is 4.79 Å². The SMILES string of the molecule is COc1ccc(C=CC(=O)NCCSc2ccc(Cl)cc2)cc1. The Morgan fingerprint density at radius 1 is 1.17 bits per heavy atom. The predicted molar refractivity (Wildman–Crippen MR) is 97.2 cm³/mol. The van der Waals surface area contributed by atoms with Crippen LogP contribution in [0.3, 0.4) is 0 Å². The van der Waals surface area contributed by atoms with E-state index in [0.29, 0.717) is 6.54 Å². The van der Waals surface area contributed by atoms with Crippen LogP contribution < -0.4 is 10.1 Å². The van der Waals surface area contributed by atoms with Gasteiger partial charge in [0.15, 0.2) is 0 Å². The number of carbonyl (C=O) groups excluding carboxylic acids is 1. The van der Waals surface area contributed by atoms with E-state index >= 15 is 0 Å². The summed E-state index contributed by atoms with van der Waals surface area (Å²) in [5.74, 6) is 1.51. The molecule has 1 N–H and O–H groups in total. The minimum atomic E-state index is -0.0995. The molecule has 2 aromatic rings. The summed E-state index contributed by atoms with van der Waals surface area (Å²) in [7, 11) is 1.63. The number of carbonyl (C=O) groups is 1. The molecule has 0 radical (unpaired) electrons. The molecule has 0 saturated heterocycles. The Bertz CT molecular complexity index is 654. The van der Waals surface area contributed by atoms with Gasteiger partial charge in [-0.05, 0) is 48.0 Å². The fourth-order valence-corrected chi connectivity index (χ4v) is 2.71. The lowest BCUT2D eigenvalue weighted by Crippen LogP contribution is -2.23. The first-order valence-electron chi connectivity index (χ1n) is 7.16. The van der Waals surface area contributed by atoms with Gasteiger partial charge in [0.05, 0.1) is 7.11 Å². The second-order valence-corrected chi connectivity index (χ2v) is 6.30. The van der Waals surface area contributed by atoms with Gasteiger partial charge in [-0.25, -0.2) is 0 Å². The second-order valence-electron chi connectivity index (χ2n) is 4.70. The van der Waals surface area contributed by atoms with Crippen LogP contribution >= 0.6 is 23.4 Å². The lowest BCUT2D eigenvalue weighted by molar-refractivity contribution is -0.116. The van der Waals surface area contributed by atoms with Gasteiger partial charge in [0.25, 0.3) is 0 Å². The Morgan fingerprint density at radius 2 is 1.87 bits per heavy atom. The number of thioether (sulfide) groups is 1. The number of rotatable bonds is 7. The zero-order valence-electron chi connectivity index (χ0n) is 12.8. The molecule has 0 aliphatic heterocycles. The number of amides is 1. The molecule has 0 aliphatic carbocycles. The molecule has 23 heavy (non-hydrogen) atoms. The summed E-state index contributed by atoms with van der Waals surface area (Å²) in [6, 6.07) is 15.2. The van der Waals surface area contributed by atoms with Crippen LogP contribution in [0.2, 0.25) is 5.02 Å². The molecule has 0 spiro atoms. The highest BCUT2D eigenvalue weighted by atomic mass is 35.5. The molecule has 0 bridgehead atoms. The van der Waals surface area contributed by atoms with Crippen LogP contribution in [0, 0.1) is 0 Å². The van der Waals surface area contributed by atoms with Crippen LogP contribution in [-0.4, -0.2) is 25.3 Å². The smallest absolute Gasteiger partial charge is 0.244 e. The van der Waals surface area contributed by atoms with Gasteiger partial charge in [0.2, 0.25) is 5.91 Å². The summed E-state index contributed by atoms with van der Waals surface area (Å²) >= 11 is 7.51. The molecule has 0 fully saturated rings. The van der Waals surface area contributed by atoms with E-state index in [2.05, 4.69) is 5.32 Å². The Kier molecular flexibility index (Phi) is 7.04. The molecule has 0 atom stereocenters. The number of nitrogens with one attached hydrogen (secondary N) is 1. The Labute approximate surface area is 145 Å². The summed E-state index contributed by atoms with van der Waals surface area (Å²) in [6.45, 7) is 0.610. The number of hydrogen-bond donors (Lipinski definition) is 1. The van der Waals surface area contributed by atoms with Crippen molar-refractivity contribution >= 4 is 35.3 Å². The third-order valence-corrected chi connectivity index (χ3v) is 4.29. The van der Waals surface area contributed by atoms with Crippen molar-refractivity contribution in [3.05, 3.63) is 65.2 Å². The molecule has 0 aromatic heterocycles. The number of halogens is 1. The van der Waals surface area contributed by atoms with Crippen LogP contribution in [0.25, 0.3) is 6.08 Å². The van der Waals surface area contributed by atoms with Crippen molar-refractivity contribution in [2.45, 2.75) is 4.90 Å². The minimum Gasteiger partial charge on any atom is -0.497 e. The average molecular weight is 348 g/mol. The first-order valence-corrected chi connectivity index (χ1v) is 8.52. The van der Waals surface area contributed by atoms with E-state index in [9.17, 15) is 4.79 Å². The molecule has 0 saturated carbocycles. The molecule has 5 heteroatoms. The Balaban J connectivity index is 1.69. The van der Waals surface area contributed by atoms with Crippen LogP contribution in [0.15, 0.2) is 59.5 Å². The molecule has 120 valence electrons. The highest BCUT2D eigenvalue weighted by Crippen LogP contribution is 2.19. The van der Waals surface area contributed by atoms with E-state index < -0.39 is 0 Å². The first-order chi connectivity index (χ1) is 11.2. The maximum Gasteiger partial charge on any atom is 0.244 e. The van der Waals surface area contributed by atoms with Crippen molar-refractivity contribution in [1.82, 2.24) is 5.32 Å². The standard InChI is InChI=1S/C18H18ClNO2S/c1-22-16-7-2-14(3-8-16)4-11-18(21)20-12-13-23-17-9-5-15(19)6-10-17/h2-11H,12-13H2,1H3,(H,20,21). The van der Waals surface area contributed by atoms with E-state index in [4.69, 9.17) is 16.3 Å². The molecule has 2 aromatic carbocycles. The fourth-order valence-electron chi connectivity index (χ4n) is 1.82. The number of ether oxygens (including phenoxy) is 1.